The SMILES string of the molecule is CCC(CC)Nc1nc(NCCN2CCCCC2)nc2c1ncn2[C@@H]1O[C@H](c2nnc(C3CC3)o2)[C@@H](OC=O)[C@H]1OC=O. The molecular formula is C28H39N9O6. The molecule has 6 rings (SSSR count). The first kappa shape index (κ1) is 29.2. The van der Waals surface area contributed by atoms with Crippen LogP contribution in [0, 0.1) is 0 Å². The van der Waals surface area contributed by atoms with Gasteiger partial charge in [0.2, 0.25) is 17.7 Å². The molecule has 2 aliphatic heterocycles. The summed E-state index contributed by atoms with van der Waals surface area (Å²) in [4.78, 5) is 39.8. The predicted molar refractivity (Wildman–Crippen MR) is 153 cm³/mol. The maximum absolute atomic E-state index is 11.6. The highest BCUT2D eigenvalue weighted by Gasteiger charge is 2.52. The van der Waals surface area contributed by atoms with Crippen LogP contribution in [-0.2, 0) is 23.8 Å². The lowest BCUT2D eigenvalue weighted by molar-refractivity contribution is -0.151. The third kappa shape index (κ3) is 6.27. The number of piperidine rings is 1. The van der Waals surface area contributed by atoms with E-state index in [9.17, 15) is 9.59 Å². The summed E-state index contributed by atoms with van der Waals surface area (Å²) in [5.74, 6) is 1.91. The molecule has 4 atom stereocenters. The monoisotopic (exact) mass is 597 g/mol. The Morgan fingerprint density at radius 2 is 1.77 bits per heavy atom. The number of likely N-dealkylation sites (tertiary alicyclic amines) is 1. The second-order valence-electron chi connectivity index (χ2n) is 11.3. The average Bonchev–Trinajstić information content (AvgIpc) is 3.44. The van der Waals surface area contributed by atoms with E-state index < -0.39 is 24.5 Å². The van der Waals surface area contributed by atoms with Crippen LogP contribution in [0.2, 0.25) is 0 Å². The molecule has 0 spiro atoms. The van der Waals surface area contributed by atoms with E-state index in [1.54, 1.807) is 10.9 Å². The fourth-order valence-corrected chi connectivity index (χ4v) is 5.82. The molecule has 3 aromatic rings. The first-order valence-electron chi connectivity index (χ1n) is 15.3. The zero-order valence-corrected chi connectivity index (χ0v) is 24.6. The molecule has 2 saturated heterocycles. The van der Waals surface area contributed by atoms with Gasteiger partial charge in [-0.1, -0.05) is 20.3 Å². The topological polar surface area (TPSA) is 172 Å². The van der Waals surface area contributed by atoms with E-state index in [0.717, 1.165) is 45.3 Å². The largest absolute Gasteiger partial charge is 0.457 e. The van der Waals surface area contributed by atoms with E-state index in [2.05, 4.69) is 44.6 Å². The first-order chi connectivity index (χ1) is 21.1. The Labute approximate surface area is 249 Å². The number of rotatable bonds is 15. The van der Waals surface area contributed by atoms with E-state index in [4.69, 9.17) is 28.6 Å². The molecule has 5 heterocycles. The molecule has 0 amide bonds. The van der Waals surface area contributed by atoms with Gasteiger partial charge < -0.3 is 34.2 Å². The number of hydrogen-bond donors (Lipinski definition) is 2. The van der Waals surface area contributed by atoms with E-state index in [1.165, 1.54) is 19.3 Å². The molecule has 3 aliphatic rings. The fourth-order valence-electron chi connectivity index (χ4n) is 5.82. The second kappa shape index (κ2) is 13.2. The molecule has 232 valence electrons. The van der Waals surface area contributed by atoms with Crippen molar-refractivity contribution in [2.75, 3.05) is 36.8 Å². The van der Waals surface area contributed by atoms with Crippen molar-refractivity contribution in [1.29, 1.82) is 0 Å². The van der Waals surface area contributed by atoms with Crippen molar-refractivity contribution >= 4 is 35.9 Å². The normalized spacial score (nSPS) is 24.3. The number of imidazole rings is 1. The van der Waals surface area contributed by atoms with E-state index in [0.29, 0.717) is 48.3 Å². The van der Waals surface area contributed by atoms with Crippen LogP contribution in [0.1, 0.15) is 88.8 Å². The lowest BCUT2D eigenvalue weighted by atomic mass is 10.1. The number of fused-ring (bicyclic) bond motifs is 1. The molecule has 1 saturated carbocycles. The minimum Gasteiger partial charge on any atom is -0.457 e. The summed E-state index contributed by atoms with van der Waals surface area (Å²) in [5, 5.41) is 15.2. The number of ether oxygens (including phenoxy) is 3. The number of carbonyl (C=O) groups excluding carboxylic acids is 2. The molecule has 15 nitrogen and oxygen atoms in total. The molecule has 0 radical (unpaired) electrons. The van der Waals surface area contributed by atoms with Gasteiger partial charge in [0.15, 0.2) is 41.5 Å². The van der Waals surface area contributed by atoms with E-state index in [-0.39, 0.29) is 17.9 Å². The summed E-state index contributed by atoms with van der Waals surface area (Å²) in [5.41, 5.74) is 0.996. The Bertz CT molecular complexity index is 1380. The standard InChI is InChI=1S/C28H39N9O6/c1-3-18(4-2)31-23-19-24(33-28(32-23)29-10-13-36-11-6-5-7-12-36)37(14-30-19)27-22(41-16-39)20(40-15-38)21(42-27)26-35-34-25(43-26)17-8-9-17/h14-18,20-22,27H,3-13H2,1-2H3,(H2,29,31,32,33)/t20-,21+,22-,27-/m1/s1. The number of hydrogen-bond acceptors (Lipinski definition) is 14. The van der Waals surface area contributed by atoms with Crippen molar-refractivity contribution in [1.82, 2.24) is 34.6 Å². The van der Waals surface area contributed by atoms with Gasteiger partial charge in [-0.25, -0.2) is 4.98 Å². The first-order valence-corrected chi connectivity index (χ1v) is 15.3. The second-order valence-corrected chi connectivity index (χ2v) is 11.3. The number of nitrogens with one attached hydrogen (secondary N) is 2. The highest BCUT2D eigenvalue weighted by atomic mass is 16.6. The third-order valence-electron chi connectivity index (χ3n) is 8.42. The van der Waals surface area contributed by atoms with Crippen LogP contribution in [0.25, 0.3) is 11.2 Å². The minimum absolute atomic E-state index is 0.144. The quantitative estimate of drug-likeness (QED) is 0.245. The molecule has 0 aromatic carbocycles. The number of anilines is 2. The Kier molecular flexibility index (Phi) is 8.98. The smallest absolute Gasteiger partial charge is 0.293 e. The van der Waals surface area contributed by atoms with Gasteiger partial charge in [0.05, 0.1) is 6.33 Å². The molecule has 2 N–H and O–H groups in total. The Morgan fingerprint density at radius 1 is 1.02 bits per heavy atom. The van der Waals surface area contributed by atoms with Crippen LogP contribution in [0.3, 0.4) is 0 Å². The van der Waals surface area contributed by atoms with Crippen LogP contribution >= 0.6 is 0 Å². The molecule has 43 heavy (non-hydrogen) atoms. The lowest BCUT2D eigenvalue weighted by Crippen LogP contribution is -2.34. The fraction of sp³-hybridized carbons (Fsp3) is 0.679. The van der Waals surface area contributed by atoms with Gasteiger partial charge in [-0.05, 0) is 51.6 Å². The van der Waals surface area contributed by atoms with Crippen LogP contribution in [0.5, 0.6) is 0 Å². The Balaban J connectivity index is 1.33. The van der Waals surface area contributed by atoms with Gasteiger partial charge in [-0.2, -0.15) is 9.97 Å². The van der Waals surface area contributed by atoms with Crippen molar-refractivity contribution < 1.29 is 28.2 Å². The minimum atomic E-state index is -1.04. The lowest BCUT2D eigenvalue weighted by Gasteiger charge is -2.26. The molecule has 0 unspecified atom stereocenters. The molecule has 3 fully saturated rings. The highest BCUT2D eigenvalue weighted by molar-refractivity contribution is 5.84. The molecule has 15 heteroatoms. The van der Waals surface area contributed by atoms with Crippen LogP contribution in [-0.4, -0.2) is 92.0 Å². The number of carbonyl (C=O) groups is 2. The maximum Gasteiger partial charge on any atom is 0.293 e. The molecule has 3 aromatic heterocycles. The Morgan fingerprint density at radius 3 is 2.49 bits per heavy atom. The van der Waals surface area contributed by atoms with Crippen LogP contribution in [0.4, 0.5) is 11.8 Å². The zero-order valence-electron chi connectivity index (χ0n) is 24.6. The summed E-state index contributed by atoms with van der Waals surface area (Å²) < 4.78 is 24.8. The van der Waals surface area contributed by atoms with Crippen LogP contribution < -0.4 is 10.6 Å². The molecular weight excluding hydrogens is 558 g/mol. The van der Waals surface area contributed by atoms with E-state index in [1.807, 2.05) is 0 Å². The van der Waals surface area contributed by atoms with E-state index >= 15 is 0 Å². The molecule has 0 bridgehead atoms. The third-order valence-corrected chi connectivity index (χ3v) is 8.42. The van der Waals surface area contributed by atoms with Crippen molar-refractivity contribution in [3.63, 3.8) is 0 Å². The van der Waals surface area contributed by atoms with Gasteiger partial charge in [0, 0.05) is 25.0 Å². The maximum atomic E-state index is 11.6. The predicted octanol–water partition coefficient (Wildman–Crippen LogP) is 2.94. The number of nitrogens with zero attached hydrogens (tertiary/aromatic N) is 7. The summed E-state index contributed by atoms with van der Waals surface area (Å²) in [7, 11) is 0. The van der Waals surface area contributed by atoms with Gasteiger partial charge >= 0.3 is 0 Å². The van der Waals surface area contributed by atoms with Gasteiger partial charge in [-0.15, -0.1) is 10.2 Å². The van der Waals surface area contributed by atoms with Crippen molar-refractivity contribution in [2.24, 2.45) is 0 Å². The van der Waals surface area contributed by atoms with Gasteiger partial charge in [-0.3, -0.25) is 14.2 Å². The van der Waals surface area contributed by atoms with Crippen molar-refractivity contribution in [3.05, 3.63) is 18.1 Å². The summed E-state index contributed by atoms with van der Waals surface area (Å²) in [6.07, 6.45) is 5.03. The highest BCUT2D eigenvalue weighted by Crippen LogP contribution is 2.45. The summed E-state index contributed by atoms with van der Waals surface area (Å²) in [6.45, 7) is 8.58. The average molecular weight is 598 g/mol. The van der Waals surface area contributed by atoms with Crippen molar-refractivity contribution in [3.8, 4) is 0 Å². The van der Waals surface area contributed by atoms with Gasteiger partial charge in [0.1, 0.15) is 0 Å². The van der Waals surface area contributed by atoms with Gasteiger partial charge in [0.25, 0.3) is 12.9 Å². The Hall–Kier alpha value is -3.85. The number of aromatic nitrogens is 6. The van der Waals surface area contributed by atoms with Crippen molar-refractivity contribution in [2.45, 2.75) is 95.3 Å². The zero-order chi connectivity index (χ0) is 29.8. The summed E-state index contributed by atoms with van der Waals surface area (Å²) in [6, 6.07) is 0.186. The van der Waals surface area contributed by atoms with Crippen LogP contribution in [0.15, 0.2) is 10.7 Å². The summed E-state index contributed by atoms with van der Waals surface area (Å²) >= 11 is 0. The molecule has 1 aliphatic carbocycles.